The summed E-state index contributed by atoms with van der Waals surface area (Å²) in [5.41, 5.74) is 0.0778. The molecule has 1 amide bonds. The standard InChI is InChI=1S/C15H20N4O5/c1-9(2)24-15(23)12(4-3-10(20)7-16)19-14(22)13(21)11-5-6-17-8-18-11/h5-9,12-13,16,21H,3-4H2,1-2H3,(H,19,22)/t12-,13+/m0/s1. The van der Waals surface area contributed by atoms with Gasteiger partial charge >= 0.3 is 5.97 Å². The number of carbonyl (C=O) groups is 3. The summed E-state index contributed by atoms with van der Waals surface area (Å²) in [7, 11) is 0. The number of ether oxygens (including phenoxy) is 1. The lowest BCUT2D eigenvalue weighted by atomic mass is 10.1. The monoisotopic (exact) mass is 336 g/mol. The van der Waals surface area contributed by atoms with E-state index in [4.69, 9.17) is 10.1 Å². The third-order valence-corrected chi connectivity index (χ3v) is 2.93. The number of hydrogen-bond acceptors (Lipinski definition) is 8. The second kappa shape index (κ2) is 9.46. The van der Waals surface area contributed by atoms with E-state index in [0.717, 1.165) is 0 Å². The average Bonchev–Trinajstić information content (AvgIpc) is 2.57. The normalized spacial score (nSPS) is 13.0. The number of hydrogen-bond donors (Lipinski definition) is 3. The third kappa shape index (κ3) is 6.21. The molecular weight excluding hydrogens is 316 g/mol. The molecular formula is C15H20N4O5. The summed E-state index contributed by atoms with van der Waals surface area (Å²) in [6.45, 7) is 3.30. The SMILES string of the molecule is CC(C)OC(=O)[C@H](CCC(=O)C=N)NC(=O)[C@H](O)c1ccncn1. The number of rotatable bonds is 9. The Morgan fingerprint density at radius 1 is 1.42 bits per heavy atom. The van der Waals surface area contributed by atoms with E-state index in [0.29, 0.717) is 6.21 Å². The quantitative estimate of drug-likeness (QED) is 0.423. The van der Waals surface area contributed by atoms with E-state index >= 15 is 0 Å². The molecule has 9 nitrogen and oxygen atoms in total. The minimum Gasteiger partial charge on any atom is -0.461 e. The number of Topliss-reactive ketones (excluding diaryl/α,β-unsaturated/α-hetero) is 1. The van der Waals surface area contributed by atoms with Gasteiger partial charge in [0.1, 0.15) is 12.4 Å². The summed E-state index contributed by atoms with van der Waals surface area (Å²) in [6.07, 6.45) is 1.06. The van der Waals surface area contributed by atoms with Crippen LogP contribution in [0.1, 0.15) is 38.5 Å². The van der Waals surface area contributed by atoms with Crippen LogP contribution < -0.4 is 5.32 Å². The van der Waals surface area contributed by atoms with Crippen LogP contribution in [0.2, 0.25) is 0 Å². The highest BCUT2D eigenvalue weighted by atomic mass is 16.5. The van der Waals surface area contributed by atoms with Crippen molar-refractivity contribution in [3.8, 4) is 0 Å². The molecule has 1 aromatic rings. The van der Waals surface area contributed by atoms with Gasteiger partial charge in [-0.3, -0.25) is 9.59 Å². The number of amides is 1. The molecule has 0 aromatic carbocycles. The number of nitrogens with one attached hydrogen (secondary N) is 2. The fraction of sp³-hybridized carbons (Fsp3) is 0.467. The number of aliphatic hydroxyl groups is 1. The summed E-state index contributed by atoms with van der Waals surface area (Å²) in [5.74, 6) is -2.05. The number of aliphatic hydroxyl groups excluding tert-OH is 1. The van der Waals surface area contributed by atoms with Gasteiger partial charge in [-0.15, -0.1) is 0 Å². The molecule has 2 atom stereocenters. The van der Waals surface area contributed by atoms with Crippen LogP contribution in [-0.2, 0) is 19.1 Å². The molecule has 0 radical (unpaired) electrons. The van der Waals surface area contributed by atoms with E-state index in [1.165, 1.54) is 18.6 Å². The molecule has 0 aliphatic rings. The summed E-state index contributed by atoms with van der Waals surface area (Å²) in [5, 5.41) is 19.2. The zero-order chi connectivity index (χ0) is 18.1. The van der Waals surface area contributed by atoms with Crippen LogP contribution in [-0.4, -0.2) is 51.1 Å². The lowest BCUT2D eigenvalue weighted by Crippen LogP contribution is -2.45. The van der Waals surface area contributed by atoms with Crippen molar-refractivity contribution in [1.29, 1.82) is 5.41 Å². The average molecular weight is 336 g/mol. The molecule has 0 saturated carbocycles. The molecule has 0 bridgehead atoms. The van der Waals surface area contributed by atoms with Crippen molar-refractivity contribution in [1.82, 2.24) is 15.3 Å². The number of nitrogens with zero attached hydrogens (tertiary/aromatic N) is 2. The maximum absolute atomic E-state index is 12.1. The lowest BCUT2D eigenvalue weighted by molar-refractivity contribution is -0.152. The van der Waals surface area contributed by atoms with E-state index < -0.39 is 35.9 Å². The summed E-state index contributed by atoms with van der Waals surface area (Å²) in [6, 6.07) is 0.255. The van der Waals surface area contributed by atoms with E-state index in [-0.39, 0.29) is 18.5 Å². The second-order valence-electron chi connectivity index (χ2n) is 5.23. The predicted octanol–water partition coefficient (Wildman–Crippen LogP) is -0.0547. The van der Waals surface area contributed by atoms with Crippen LogP contribution in [0, 0.1) is 5.41 Å². The van der Waals surface area contributed by atoms with E-state index in [2.05, 4.69) is 15.3 Å². The predicted molar refractivity (Wildman–Crippen MR) is 83.2 cm³/mol. The van der Waals surface area contributed by atoms with Crippen molar-refractivity contribution >= 4 is 23.9 Å². The number of aromatic nitrogens is 2. The molecule has 24 heavy (non-hydrogen) atoms. The van der Waals surface area contributed by atoms with Crippen LogP contribution in [0.5, 0.6) is 0 Å². The molecule has 1 aromatic heterocycles. The maximum Gasteiger partial charge on any atom is 0.328 e. The zero-order valence-electron chi connectivity index (χ0n) is 13.4. The molecule has 0 aliphatic heterocycles. The Morgan fingerprint density at radius 2 is 2.12 bits per heavy atom. The summed E-state index contributed by atoms with van der Waals surface area (Å²) < 4.78 is 5.04. The first-order chi connectivity index (χ1) is 11.3. The number of esters is 1. The topological polar surface area (TPSA) is 142 Å². The Kier molecular flexibility index (Phi) is 7.63. The van der Waals surface area contributed by atoms with Gasteiger partial charge in [0, 0.05) is 12.6 Å². The van der Waals surface area contributed by atoms with Gasteiger partial charge in [-0.05, 0) is 26.3 Å². The second-order valence-corrected chi connectivity index (χ2v) is 5.23. The number of ketones is 1. The first-order valence-electron chi connectivity index (χ1n) is 7.33. The fourth-order valence-electron chi connectivity index (χ4n) is 1.77. The van der Waals surface area contributed by atoms with Gasteiger partial charge < -0.3 is 20.6 Å². The van der Waals surface area contributed by atoms with Gasteiger partial charge in [0.2, 0.25) is 0 Å². The molecule has 130 valence electrons. The van der Waals surface area contributed by atoms with Gasteiger partial charge in [-0.1, -0.05) is 0 Å². The highest BCUT2D eigenvalue weighted by Gasteiger charge is 2.27. The minimum atomic E-state index is -1.58. The van der Waals surface area contributed by atoms with E-state index in [1.54, 1.807) is 13.8 Å². The van der Waals surface area contributed by atoms with Gasteiger partial charge in [0.15, 0.2) is 11.9 Å². The minimum absolute atomic E-state index is 0.0397. The van der Waals surface area contributed by atoms with Crippen LogP contribution in [0.4, 0.5) is 0 Å². The molecule has 0 fully saturated rings. The molecule has 1 heterocycles. The first-order valence-corrected chi connectivity index (χ1v) is 7.33. The number of carbonyl (C=O) groups excluding carboxylic acids is 3. The van der Waals surface area contributed by atoms with Gasteiger partial charge in [0.25, 0.3) is 5.91 Å². The van der Waals surface area contributed by atoms with Crippen molar-refractivity contribution < 1.29 is 24.2 Å². The van der Waals surface area contributed by atoms with Crippen LogP contribution >= 0.6 is 0 Å². The van der Waals surface area contributed by atoms with Gasteiger partial charge in [-0.2, -0.15) is 0 Å². The Hall–Kier alpha value is -2.68. The molecule has 0 aliphatic carbocycles. The van der Waals surface area contributed by atoms with Crippen molar-refractivity contribution in [2.45, 2.75) is 44.9 Å². The van der Waals surface area contributed by atoms with Crippen LogP contribution in [0.25, 0.3) is 0 Å². The summed E-state index contributed by atoms with van der Waals surface area (Å²) >= 11 is 0. The zero-order valence-corrected chi connectivity index (χ0v) is 13.4. The lowest BCUT2D eigenvalue weighted by Gasteiger charge is -2.20. The van der Waals surface area contributed by atoms with Crippen molar-refractivity contribution in [3.05, 3.63) is 24.3 Å². The van der Waals surface area contributed by atoms with Gasteiger partial charge in [-0.25, -0.2) is 14.8 Å². The van der Waals surface area contributed by atoms with Crippen molar-refractivity contribution in [2.75, 3.05) is 0 Å². The van der Waals surface area contributed by atoms with Crippen molar-refractivity contribution in [3.63, 3.8) is 0 Å². The molecule has 0 saturated heterocycles. The highest BCUT2D eigenvalue weighted by Crippen LogP contribution is 2.10. The third-order valence-electron chi connectivity index (χ3n) is 2.93. The largest absolute Gasteiger partial charge is 0.461 e. The first kappa shape index (κ1) is 19.4. The summed E-state index contributed by atoms with van der Waals surface area (Å²) in [4.78, 5) is 42.8. The Morgan fingerprint density at radius 3 is 2.67 bits per heavy atom. The molecule has 3 N–H and O–H groups in total. The fourth-order valence-corrected chi connectivity index (χ4v) is 1.77. The molecule has 0 spiro atoms. The van der Waals surface area contributed by atoms with Gasteiger partial charge in [0.05, 0.1) is 18.0 Å². The van der Waals surface area contributed by atoms with Crippen molar-refractivity contribution in [2.24, 2.45) is 0 Å². The Bertz CT molecular complexity index is 591. The van der Waals surface area contributed by atoms with E-state index in [9.17, 15) is 19.5 Å². The highest BCUT2D eigenvalue weighted by molar-refractivity contribution is 6.26. The maximum atomic E-state index is 12.1. The van der Waals surface area contributed by atoms with Crippen LogP contribution in [0.15, 0.2) is 18.6 Å². The van der Waals surface area contributed by atoms with Crippen LogP contribution in [0.3, 0.4) is 0 Å². The molecule has 0 unspecified atom stereocenters. The Balaban J connectivity index is 2.78. The Labute approximate surface area is 139 Å². The molecule has 1 rings (SSSR count). The van der Waals surface area contributed by atoms with E-state index in [1.807, 2.05) is 0 Å². The molecule has 9 heteroatoms. The smallest absolute Gasteiger partial charge is 0.328 e.